The van der Waals surface area contributed by atoms with Gasteiger partial charge >= 0.3 is 0 Å². The van der Waals surface area contributed by atoms with Gasteiger partial charge in [-0.3, -0.25) is 9.48 Å². The Kier molecular flexibility index (Phi) is 4.34. The lowest BCUT2D eigenvalue weighted by Crippen LogP contribution is -2.32. The van der Waals surface area contributed by atoms with Crippen LogP contribution in [0.5, 0.6) is 0 Å². The lowest BCUT2D eigenvalue weighted by molar-refractivity contribution is -0.122. The standard InChI is InChI=1S/C11H20N4O/c1-8(2)9(3)6-13-11(16)7-15-5-4-10(12)14-15/h4-5,8-9H,6-7H2,1-3H3,(H2,12,14)(H,13,16). The Morgan fingerprint density at radius 2 is 2.25 bits per heavy atom. The summed E-state index contributed by atoms with van der Waals surface area (Å²) in [5, 5.41) is 6.83. The van der Waals surface area contributed by atoms with Crippen LogP contribution in [0.3, 0.4) is 0 Å². The summed E-state index contributed by atoms with van der Waals surface area (Å²) in [6.45, 7) is 7.34. The molecule has 1 unspecified atom stereocenters. The lowest BCUT2D eigenvalue weighted by atomic mass is 9.98. The Morgan fingerprint density at radius 3 is 2.75 bits per heavy atom. The summed E-state index contributed by atoms with van der Waals surface area (Å²) in [6, 6.07) is 1.67. The molecule has 0 radical (unpaired) electrons. The normalized spacial score (nSPS) is 12.8. The number of anilines is 1. The van der Waals surface area contributed by atoms with Crippen LogP contribution in [-0.2, 0) is 11.3 Å². The number of nitrogens with two attached hydrogens (primary N) is 1. The number of hydrogen-bond acceptors (Lipinski definition) is 3. The van der Waals surface area contributed by atoms with Crippen molar-refractivity contribution in [3.8, 4) is 0 Å². The summed E-state index contributed by atoms with van der Waals surface area (Å²) in [4.78, 5) is 11.5. The number of aromatic nitrogens is 2. The molecule has 1 aromatic rings. The Balaban J connectivity index is 2.31. The van der Waals surface area contributed by atoms with Crippen molar-refractivity contribution in [3.63, 3.8) is 0 Å². The maximum atomic E-state index is 11.5. The highest BCUT2D eigenvalue weighted by molar-refractivity contribution is 5.75. The number of carbonyl (C=O) groups is 1. The minimum Gasteiger partial charge on any atom is -0.382 e. The minimum atomic E-state index is -0.0319. The van der Waals surface area contributed by atoms with Gasteiger partial charge in [0.1, 0.15) is 12.4 Å². The lowest BCUT2D eigenvalue weighted by Gasteiger charge is -2.15. The van der Waals surface area contributed by atoms with Crippen LogP contribution in [0.1, 0.15) is 20.8 Å². The molecule has 0 bridgehead atoms. The van der Waals surface area contributed by atoms with E-state index in [1.807, 2.05) is 0 Å². The van der Waals surface area contributed by atoms with Gasteiger partial charge in [0, 0.05) is 12.7 Å². The number of hydrogen-bond donors (Lipinski definition) is 2. The molecule has 0 spiro atoms. The third-order valence-corrected chi connectivity index (χ3v) is 2.73. The van der Waals surface area contributed by atoms with E-state index in [0.29, 0.717) is 24.2 Å². The van der Waals surface area contributed by atoms with E-state index in [0.717, 1.165) is 0 Å². The third kappa shape index (κ3) is 3.92. The van der Waals surface area contributed by atoms with Crippen molar-refractivity contribution in [2.24, 2.45) is 11.8 Å². The van der Waals surface area contributed by atoms with E-state index in [1.54, 1.807) is 12.3 Å². The van der Waals surface area contributed by atoms with Gasteiger partial charge < -0.3 is 11.1 Å². The Morgan fingerprint density at radius 1 is 1.56 bits per heavy atom. The van der Waals surface area contributed by atoms with Gasteiger partial charge in [-0.1, -0.05) is 20.8 Å². The first-order valence-corrected chi connectivity index (χ1v) is 5.54. The maximum absolute atomic E-state index is 11.5. The van der Waals surface area contributed by atoms with Gasteiger partial charge in [-0.05, 0) is 17.9 Å². The van der Waals surface area contributed by atoms with E-state index >= 15 is 0 Å². The number of nitrogens with zero attached hydrogens (tertiary/aromatic N) is 2. The van der Waals surface area contributed by atoms with E-state index in [4.69, 9.17) is 5.73 Å². The van der Waals surface area contributed by atoms with Crippen LogP contribution >= 0.6 is 0 Å². The number of nitrogen functional groups attached to an aromatic ring is 1. The SMILES string of the molecule is CC(C)C(C)CNC(=O)Cn1ccc(N)n1. The zero-order chi connectivity index (χ0) is 12.1. The van der Waals surface area contributed by atoms with Gasteiger partial charge in [-0.15, -0.1) is 0 Å². The monoisotopic (exact) mass is 224 g/mol. The Bertz CT molecular complexity index is 346. The summed E-state index contributed by atoms with van der Waals surface area (Å²) < 4.78 is 1.53. The van der Waals surface area contributed by atoms with Crippen molar-refractivity contribution in [3.05, 3.63) is 12.3 Å². The average Bonchev–Trinajstić information content (AvgIpc) is 2.60. The van der Waals surface area contributed by atoms with Crippen LogP contribution < -0.4 is 11.1 Å². The molecular formula is C11H20N4O. The maximum Gasteiger partial charge on any atom is 0.241 e. The average molecular weight is 224 g/mol. The fourth-order valence-electron chi connectivity index (χ4n) is 1.18. The molecular weight excluding hydrogens is 204 g/mol. The van der Waals surface area contributed by atoms with Gasteiger partial charge in [-0.2, -0.15) is 5.10 Å². The van der Waals surface area contributed by atoms with Crippen molar-refractivity contribution in [2.45, 2.75) is 27.3 Å². The van der Waals surface area contributed by atoms with E-state index in [1.165, 1.54) is 4.68 Å². The Hall–Kier alpha value is -1.52. The summed E-state index contributed by atoms with van der Waals surface area (Å²) in [5.41, 5.74) is 5.45. The molecule has 1 rings (SSSR count). The van der Waals surface area contributed by atoms with Crippen molar-refractivity contribution < 1.29 is 4.79 Å². The first kappa shape index (κ1) is 12.5. The van der Waals surface area contributed by atoms with Gasteiger partial charge in [0.15, 0.2) is 0 Å². The molecule has 1 atom stereocenters. The van der Waals surface area contributed by atoms with Crippen molar-refractivity contribution in [2.75, 3.05) is 12.3 Å². The third-order valence-electron chi connectivity index (χ3n) is 2.73. The quantitative estimate of drug-likeness (QED) is 0.779. The highest BCUT2D eigenvalue weighted by Gasteiger charge is 2.09. The smallest absolute Gasteiger partial charge is 0.241 e. The second-order valence-electron chi connectivity index (χ2n) is 4.46. The molecule has 0 saturated heterocycles. The van der Waals surface area contributed by atoms with E-state index in [-0.39, 0.29) is 12.5 Å². The molecule has 0 aliphatic carbocycles. The summed E-state index contributed by atoms with van der Waals surface area (Å²) >= 11 is 0. The van der Waals surface area contributed by atoms with Crippen LogP contribution in [0.4, 0.5) is 5.82 Å². The predicted molar refractivity (Wildman–Crippen MR) is 63.7 cm³/mol. The second kappa shape index (κ2) is 5.53. The van der Waals surface area contributed by atoms with Crippen LogP contribution in [0.2, 0.25) is 0 Å². The second-order valence-corrected chi connectivity index (χ2v) is 4.46. The predicted octanol–water partition coefficient (Wildman–Crippen LogP) is 0.874. The van der Waals surface area contributed by atoms with E-state index in [9.17, 15) is 4.79 Å². The van der Waals surface area contributed by atoms with Crippen LogP contribution in [0.25, 0.3) is 0 Å². The van der Waals surface area contributed by atoms with Crippen molar-refractivity contribution in [1.82, 2.24) is 15.1 Å². The fraction of sp³-hybridized carbons (Fsp3) is 0.636. The molecule has 0 aliphatic heterocycles. The number of amides is 1. The molecule has 16 heavy (non-hydrogen) atoms. The molecule has 90 valence electrons. The highest BCUT2D eigenvalue weighted by atomic mass is 16.2. The molecule has 0 saturated carbocycles. The summed E-state index contributed by atoms with van der Waals surface area (Å²) in [7, 11) is 0. The molecule has 0 aromatic carbocycles. The van der Waals surface area contributed by atoms with Gasteiger partial charge in [0.05, 0.1) is 0 Å². The van der Waals surface area contributed by atoms with Crippen LogP contribution in [0.15, 0.2) is 12.3 Å². The number of carbonyl (C=O) groups excluding carboxylic acids is 1. The van der Waals surface area contributed by atoms with Crippen LogP contribution in [-0.4, -0.2) is 22.2 Å². The molecule has 3 N–H and O–H groups in total. The topological polar surface area (TPSA) is 72.9 Å². The molecule has 1 heterocycles. The highest BCUT2D eigenvalue weighted by Crippen LogP contribution is 2.07. The largest absolute Gasteiger partial charge is 0.382 e. The summed E-state index contributed by atoms with van der Waals surface area (Å²) in [5.74, 6) is 1.45. The fourth-order valence-corrected chi connectivity index (χ4v) is 1.18. The first-order chi connectivity index (χ1) is 7.49. The van der Waals surface area contributed by atoms with Crippen LogP contribution in [0, 0.1) is 11.8 Å². The van der Waals surface area contributed by atoms with Gasteiger partial charge in [-0.25, -0.2) is 0 Å². The first-order valence-electron chi connectivity index (χ1n) is 5.54. The molecule has 0 aliphatic rings. The van der Waals surface area contributed by atoms with E-state index < -0.39 is 0 Å². The zero-order valence-electron chi connectivity index (χ0n) is 10.1. The molecule has 5 nitrogen and oxygen atoms in total. The Labute approximate surface area is 96.0 Å². The summed E-state index contributed by atoms with van der Waals surface area (Å²) in [6.07, 6.45) is 1.70. The number of rotatable bonds is 5. The number of nitrogens with one attached hydrogen (secondary N) is 1. The molecule has 0 fully saturated rings. The van der Waals surface area contributed by atoms with Crippen molar-refractivity contribution >= 4 is 11.7 Å². The molecule has 1 amide bonds. The minimum absolute atomic E-state index is 0.0319. The molecule has 1 aromatic heterocycles. The van der Waals surface area contributed by atoms with E-state index in [2.05, 4.69) is 31.2 Å². The molecule has 5 heteroatoms. The van der Waals surface area contributed by atoms with Gasteiger partial charge in [0.25, 0.3) is 0 Å². The van der Waals surface area contributed by atoms with Crippen molar-refractivity contribution in [1.29, 1.82) is 0 Å². The zero-order valence-corrected chi connectivity index (χ0v) is 10.1. The van der Waals surface area contributed by atoms with Gasteiger partial charge in [0.2, 0.25) is 5.91 Å².